The molecule has 0 aliphatic carbocycles. The monoisotopic (exact) mass is 370 g/mol. The number of rotatable bonds is 7. The second-order valence-corrected chi connectivity index (χ2v) is 6.72. The molecule has 2 aromatic rings. The molecule has 114 valence electrons. The predicted molar refractivity (Wildman–Crippen MR) is 91.0 cm³/mol. The molecule has 1 aromatic carbocycles. The van der Waals surface area contributed by atoms with Crippen LogP contribution in [0, 0.1) is 0 Å². The number of halogens is 1. The number of benzene rings is 1. The van der Waals surface area contributed by atoms with Crippen molar-refractivity contribution in [2.45, 2.75) is 37.9 Å². The summed E-state index contributed by atoms with van der Waals surface area (Å²) >= 11 is 5.01. The highest BCUT2D eigenvalue weighted by Crippen LogP contribution is 2.21. The molecule has 0 amide bonds. The Bertz CT molecular complexity index is 673. The lowest BCUT2D eigenvalue weighted by Crippen LogP contribution is -2.22. The minimum atomic E-state index is 0.0154. The van der Waals surface area contributed by atoms with Gasteiger partial charge in [-0.05, 0) is 38.0 Å². The zero-order chi connectivity index (χ0) is 15.2. The Morgan fingerprint density at radius 2 is 2.14 bits per heavy atom. The highest BCUT2D eigenvalue weighted by Gasteiger charge is 2.10. The van der Waals surface area contributed by atoms with Crippen LogP contribution in [-0.4, -0.2) is 27.0 Å². The van der Waals surface area contributed by atoms with E-state index in [1.807, 2.05) is 25.1 Å². The summed E-state index contributed by atoms with van der Waals surface area (Å²) in [6, 6.07) is 5.60. The molecule has 0 atom stereocenters. The van der Waals surface area contributed by atoms with Crippen molar-refractivity contribution < 1.29 is 5.11 Å². The van der Waals surface area contributed by atoms with Crippen LogP contribution in [0.4, 0.5) is 0 Å². The fraction of sp³-hybridized carbons (Fsp3) is 0.467. The Kier molecular flexibility index (Phi) is 6.26. The van der Waals surface area contributed by atoms with Gasteiger partial charge in [-0.25, -0.2) is 4.98 Å². The van der Waals surface area contributed by atoms with Crippen molar-refractivity contribution >= 4 is 38.6 Å². The molecule has 0 fully saturated rings. The first-order valence-electron chi connectivity index (χ1n) is 7.11. The number of thioether (sulfide) groups is 1. The average Bonchev–Trinajstić information content (AvgIpc) is 2.48. The van der Waals surface area contributed by atoms with Crippen molar-refractivity contribution in [1.29, 1.82) is 0 Å². The minimum absolute atomic E-state index is 0.0154. The molecule has 1 N–H and O–H groups in total. The average molecular weight is 371 g/mol. The number of aliphatic hydroxyl groups is 1. The molecule has 0 radical (unpaired) electrons. The third-order valence-electron chi connectivity index (χ3n) is 3.23. The van der Waals surface area contributed by atoms with Gasteiger partial charge in [0.05, 0.1) is 10.9 Å². The van der Waals surface area contributed by atoms with E-state index in [1.54, 1.807) is 16.3 Å². The summed E-state index contributed by atoms with van der Waals surface area (Å²) in [4.78, 5) is 17.1. The van der Waals surface area contributed by atoms with E-state index in [1.165, 1.54) is 0 Å². The summed E-state index contributed by atoms with van der Waals surface area (Å²) < 4.78 is 2.62. The Labute approximate surface area is 136 Å². The van der Waals surface area contributed by atoms with Gasteiger partial charge < -0.3 is 5.11 Å². The summed E-state index contributed by atoms with van der Waals surface area (Å²) in [6.45, 7) is 2.82. The van der Waals surface area contributed by atoms with Gasteiger partial charge in [0.2, 0.25) is 0 Å². The van der Waals surface area contributed by atoms with Crippen molar-refractivity contribution in [2.24, 2.45) is 0 Å². The van der Waals surface area contributed by atoms with Crippen LogP contribution in [0.3, 0.4) is 0 Å². The van der Waals surface area contributed by atoms with Gasteiger partial charge in [-0.15, -0.1) is 0 Å². The molecule has 0 bridgehead atoms. The van der Waals surface area contributed by atoms with Crippen molar-refractivity contribution in [3.63, 3.8) is 0 Å². The number of hydrogen-bond acceptors (Lipinski definition) is 4. The molecular formula is C15H19BrN2O2S. The topological polar surface area (TPSA) is 55.1 Å². The van der Waals surface area contributed by atoms with Crippen LogP contribution in [0.15, 0.2) is 32.6 Å². The third-order valence-corrected chi connectivity index (χ3v) is 4.79. The summed E-state index contributed by atoms with van der Waals surface area (Å²) in [5.41, 5.74) is 0.757. The molecule has 4 nitrogen and oxygen atoms in total. The van der Waals surface area contributed by atoms with E-state index >= 15 is 0 Å². The smallest absolute Gasteiger partial charge is 0.262 e. The number of hydrogen-bond donors (Lipinski definition) is 1. The van der Waals surface area contributed by atoms with E-state index in [2.05, 4.69) is 20.9 Å². The zero-order valence-corrected chi connectivity index (χ0v) is 14.4. The molecule has 0 unspecified atom stereocenters. The van der Waals surface area contributed by atoms with Crippen LogP contribution < -0.4 is 5.56 Å². The Morgan fingerprint density at radius 3 is 2.86 bits per heavy atom. The first-order valence-corrected chi connectivity index (χ1v) is 8.89. The Balaban J connectivity index is 2.26. The van der Waals surface area contributed by atoms with E-state index in [9.17, 15) is 4.79 Å². The van der Waals surface area contributed by atoms with E-state index in [0.717, 1.165) is 40.2 Å². The molecule has 0 aliphatic rings. The number of aliphatic hydroxyl groups excluding tert-OH is 1. The van der Waals surface area contributed by atoms with E-state index in [4.69, 9.17) is 5.11 Å². The number of nitrogens with zero attached hydrogens (tertiary/aromatic N) is 2. The number of fused-ring (bicyclic) bond motifs is 1. The quantitative estimate of drug-likeness (QED) is 0.460. The molecule has 6 heteroatoms. The maximum Gasteiger partial charge on any atom is 0.262 e. The van der Waals surface area contributed by atoms with Gasteiger partial charge in [-0.2, -0.15) is 0 Å². The Morgan fingerprint density at radius 1 is 1.33 bits per heavy atom. The highest BCUT2D eigenvalue weighted by molar-refractivity contribution is 9.10. The number of unbranched alkanes of at least 4 members (excludes halogenated alkanes) is 2. The standard InChI is InChI=1S/C15H19BrN2O2S/c1-2-18-14(20)12-10-11(16)6-7-13(12)17-15(18)21-9-5-3-4-8-19/h6-7,10,19H,2-5,8-9H2,1H3. The van der Waals surface area contributed by atoms with Crippen LogP contribution in [-0.2, 0) is 6.54 Å². The van der Waals surface area contributed by atoms with Gasteiger partial charge in [0.15, 0.2) is 5.16 Å². The molecule has 0 saturated heterocycles. The van der Waals surface area contributed by atoms with Gasteiger partial charge in [0.1, 0.15) is 0 Å². The van der Waals surface area contributed by atoms with Crippen molar-refractivity contribution in [2.75, 3.05) is 12.4 Å². The maximum atomic E-state index is 12.5. The zero-order valence-electron chi connectivity index (χ0n) is 12.0. The highest BCUT2D eigenvalue weighted by atomic mass is 79.9. The first kappa shape index (κ1) is 16.5. The molecule has 1 aromatic heterocycles. The largest absolute Gasteiger partial charge is 0.396 e. The van der Waals surface area contributed by atoms with Gasteiger partial charge in [-0.1, -0.05) is 34.1 Å². The summed E-state index contributed by atoms with van der Waals surface area (Å²) in [6.07, 6.45) is 2.85. The molecule has 2 rings (SSSR count). The van der Waals surface area contributed by atoms with E-state index < -0.39 is 0 Å². The second kappa shape index (κ2) is 7.96. The van der Waals surface area contributed by atoms with Crippen molar-refractivity contribution in [1.82, 2.24) is 9.55 Å². The van der Waals surface area contributed by atoms with Gasteiger partial charge in [0.25, 0.3) is 5.56 Å². The van der Waals surface area contributed by atoms with Gasteiger partial charge in [0, 0.05) is 23.4 Å². The Hall–Kier alpha value is -0.850. The van der Waals surface area contributed by atoms with Gasteiger partial charge in [-0.3, -0.25) is 9.36 Å². The summed E-state index contributed by atoms with van der Waals surface area (Å²) in [5.74, 6) is 0.911. The molecule has 0 aliphatic heterocycles. The summed E-state index contributed by atoms with van der Waals surface area (Å²) in [5, 5.41) is 10.2. The van der Waals surface area contributed by atoms with Crippen molar-refractivity contribution in [3.8, 4) is 0 Å². The minimum Gasteiger partial charge on any atom is -0.396 e. The van der Waals surface area contributed by atoms with E-state index in [0.29, 0.717) is 11.9 Å². The predicted octanol–water partition coefficient (Wildman–Crippen LogP) is 3.43. The van der Waals surface area contributed by atoms with Gasteiger partial charge >= 0.3 is 0 Å². The van der Waals surface area contributed by atoms with Crippen molar-refractivity contribution in [3.05, 3.63) is 33.0 Å². The van der Waals surface area contributed by atoms with Crippen LogP contribution in [0.5, 0.6) is 0 Å². The van der Waals surface area contributed by atoms with E-state index in [-0.39, 0.29) is 12.2 Å². The molecule has 21 heavy (non-hydrogen) atoms. The SMILES string of the molecule is CCn1c(SCCCCCO)nc2ccc(Br)cc2c1=O. The van der Waals surface area contributed by atoms with Crippen LogP contribution in [0.2, 0.25) is 0 Å². The first-order chi connectivity index (χ1) is 10.2. The molecule has 0 spiro atoms. The third kappa shape index (κ3) is 4.08. The number of aromatic nitrogens is 2. The molecule has 1 heterocycles. The lowest BCUT2D eigenvalue weighted by molar-refractivity contribution is 0.284. The second-order valence-electron chi connectivity index (χ2n) is 4.74. The normalized spacial score (nSPS) is 11.2. The maximum absolute atomic E-state index is 12.5. The fourth-order valence-corrected chi connectivity index (χ4v) is 3.54. The van der Waals surface area contributed by atoms with Crippen LogP contribution in [0.1, 0.15) is 26.2 Å². The molecule has 0 saturated carbocycles. The summed E-state index contributed by atoms with van der Waals surface area (Å²) in [7, 11) is 0. The molecular weight excluding hydrogens is 352 g/mol. The van der Waals surface area contributed by atoms with Crippen LogP contribution in [0.25, 0.3) is 10.9 Å². The lowest BCUT2D eigenvalue weighted by Gasteiger charge is -2.11. The van der Waals surface area contributed by atoms with Crippen LogP contribution >= 0.6 is 27.7 Å². The fourth-order valence-electron chi connectivity index (χ4n) is 2.12. The lowest BCUT2D eigenvalue weighted by atomic mass is 10.2.